The van der Waals surface area contributed by atoms with Gasteiger partial charge in [0.05, 0.1) is 5.69 Å². The van der Waals surface area contributed by atoms with Crippen molar-refractivity contribution in [3.05, 3.63) is 93.9 Å². The summed E-state index contributed by atoms with van der Waals surface area (Å²) in [5.74, 6) is -4.94. The van der Waals surface area contributed by atoms with E-state index in [1.807, 2.05) is 18.2 Å². The summed E-state index contributed by atoms with van der Waals surface area (Å²) in [5, 5.41) is 14.2. The first-order valence-electron chi connectivity index (χ1n) is 12.6. The van der Waals surface area contributed by atoms with E-state index in [1.165, 1.54) is 30.0 Å². The number of alkyl halides is 6. The lowest BCUT2D eigenvalue weighted by molar-refractivity contribution is -0.193. The van der Waals surface area contributed by atoms with Crippen molar-refractivity contribution in [2.24, 2.45) is 5.73 Å². The highest BCUT2D eigenvalue weighted by molar-refractivity contribution is 5.73. The van der Waals surface area contributed by atoms with Crippen molar-refractivity contribution < 1.29 is 46.1 Å². The summed E-state index contributed by atoms with van der Waals surface area (Å²) in [6.45, 7) is 2.04. The van der Waals surface area contributed by atoms with Gasteiger partial charge in [-0.15, -0.1) is 0 Å². The number of carboxylic acid groups (broad SMARTS) is 2. The molecule has 1 aliphatic carbocycles. The second-order valence-corrected chi connectivity index (χ2v) is 9.07. The number of hydrogen-bond acceptors (Lipinski definition) is 6. The number of H-pyrrole nitrogens is 1. The van der Waals surface area contributed by atoms with Crippen molar-refractivity contribution in [1.29, 1.82) is 0 Å². The van der Waals surface area contributed by atoms with Crippen molar-refractivity contribution in [3.63, 3.8) is 0 Å². The largest absolute Gasteiger partial charge is 0.490 e. The molecule has 1 heterocycles. The average molecular weight is 615 g/mol. The third-order valence-electron chi connectivity index (χ3n) is 5.59. The average Bonchev–Trinajstić information content (AvgIpc) is 3.78. The van der Waals surface area contributed by atoms with Crippen LogP contribution >= 0.6 is 0 Å². The molecule has 1 saturated carbocycles. The zero-order chi connectivity index (χ0) is 32.2. The number of nitrogens with two attached hydrogens (primary N) is 1. The van der Waals surface area contributed by atoms with Gasteiger partial charge in [0, 0.05) is 37.3 Å². The van der Waals surface area contributed by atoms with Crippen LogP contribution in [-0.2, 0) is 22.7 Å². The number of aromatic amines is 1. The number of aliphatic carboxylic acids is 2. The van der Waals surface area contributed by atoms with Crippen LogP contribution in [0.2, 0.25) is 0 Å². The maximum Gasteiger partial charge on any atom is 0.490 e. The summed E-state index contributed by atoms with van der Waals surface area (Å²) in [5.41, 5.74) is 9.43. The Morgan fingerprint density at radius 3 is 2.05 bits per heavy atom. The van der Waals surface area contributed by atoms with Crippen molar-refractivity contribution in [2.45, 2.75) is 44.3 Å². The summed E-state index contributed by atoms with van der Waals surface area (Å²) < 4.78 is 63.5. The Balaban J connectivity index is 0.000000384. The minimum Gasteiger partial charge on any atom is -0.475 e. The molecule has 9 nitrogen and oxygen atoms in total. The van der Waals surface area contributed by atoms with Crippen LogP contribution in [0.15, 0.2) is 71.5 Å². The van der Waals surface area contributed by atoms with Crippen molar-refractivity contribution in [1.82, 2.24) is 14.9 Å². The van der Waals surface area contributed by atoms with E-state index < -0.39 is 24.3 Å². The van der Waals surface area contributed by atoms with Gasteiger partial charge in [-0.2, -0.15) is 26.3 Å². The minimum absolute atomic E-state index is 0.175. The molecule has 0 aliphatic heterocycles. The van der Waals surface area contributed by atoms with Crippen molar-refractivity contribution >= 4 is 18.0 Å². The van der Waals surface area contributed by atoms with Gasteiger partial charge >= 0.3 is 24.3 Å². The smallest absolute Gasteiger partial charge is 0.475 e. The van der Waals surface area contributed by atoms with Gasteiger partial charge in [0.1, 0.15) is 5.82 Å². The van der Waals surface area contributed by atoms with Gasteiger partial charge in [0.15, 0.2) is 0 Å². The second kappa shape index (κ2) is 15.7. The molecule has 0 spiro atoms. The summed E-state index contributed by atoms with van der Waals surface area (Å²) in [7, 11) is 0. The second-order valence-electron chi connectivity index (χ2n) is 9.07. The number of aromatic nitrogens is 2. The number of nitrogens with zero attached hydrogens (tertiary/aromatic N) is 2. The fraction of sp³-hybridized carbons (Fsp3) is 0.286. The van der Waals surface area contributed by atoms with Crippen LogP contribution in [-0.4, -0.2) is 62.0 Å². The fourth-order valence-corrected chi connectivity index (χ4v) is 3.47. The van der Waals surface area contributed by atoms with E-state index in [9.17, 15) is 31.1 Å². The highest BCUT2D eigenvalue weighted by Crippen LogP contribution is 2.29. The van der Waals surface area contributed by atoms with E-state index in [1.54, 1.807) is 0 Å². The van der Waals surface area contributed by atoms with Crippen molar-refractivity contribution in [2.75, 3.05) is 6.54 Å². The molecule has 1 aromatic heterocycles. The molecule has 0 saturated heterocycles. The standard InChI is InChI=1S/C24H26N4O.2C2HF3O2/c25-16-21-15-23(29)27-24(26-21)20-10-4-8-19(14-20)17-28(22-11-12-22)13-5-9-18-6-2-1-3-7-18;2*3-2(4,5)1(6)7/h1-10,14-15,22H,11-13,16-17,25H2,(H,26,27,29);2*(H,6,7). The maximum absolute atomic E-state index is 11.9. The van der Waals surface area contributed by atoms with Crippen LogP contribution in [0.1, 0.15) is 29.7 Å². The highest BCUT2D eigenvalue weighted by Gasteiger charge is 2.38. The van der Waals surface area contributed by atoms with Crippen LogP contribution in [0, 0.1) is 0 Å². The van der Waals surface area contributed by atoms with E-state index in [0.29, 0.717) is 17.6 Å². The molecule has 0 atom stereocenters. The number of rotatable bonds is 8. The third kappa shape index (κ3) is 12.9. The van der Waals surface area contributed by atoms with E-state index >= 15 is 0 Å². The molecule has 1 aliphatic rings. The lowest BCUT2D eigenvalue weighted by Crippen LogP contribution is -2.25. The van der Waals surface area contributed by atoms with Crippen LogP contribution in [0.25, 0.3) is 17.5 Å². The normalized spacial score (nSPS) is 13.1. The summed E-state index contributed by atoms with van der Waals surface area (Å²) in [6, 6.07) is 20.7. The van der Waals surface area contributed by atoms with Gasteiger partial charge in [-0.05, 0) is 30.0 Å². The molecule has 1 fully saturated rings. The number of carbonyl (C=O) groups is 2. The van der Waals surface area contributed by atoms with Gasteiger partial charge in [0.2, 0.25) is 0 Å². The van der Waals surface area contributed by atoms with E-state index in [-0.39, 0.29) is 12.1 Å². The molecular formula is C28H28F6N4O5. The zero-order valence-corrected chi connectivity index (χ0v) is 22.4. The molecule has 15 heteroatoms. The maximum atomic E-state index is 11.9. The molecule has 0 unspecified atom stereocenters. The van der Waals surface area contributed by atoms with Crippen LogP contribution in [0.4, 0.5) is 26.3 Å². The number of hydrogen-bond donors (Lipinski definition) is 4. The van der Waals surface area contributed by atoms with Crippen LogP contribution < -0.4 is 11.3 Å². The van der Waals surface area contributed by atoms with Gasteiger partial charge < -0.3 is 20.9 Å². The lowest BCUT2D eigenvalue weighted by Gasteiger charge is -2.20. The van der Waals surface area contributed by atoms with Gasteiger partial charge in [0.25, 0.3) is 5.56 Å². The Hall–Kier alpha value is -4.50. The molecule has 0 bridgehead atoms. The molecule has 5 N–H and O–H groups in total. The quantitative estimate of drug-likeness (QED) is 0.264. The molecule has 4 rings (SSSR count). The Bertz CT molecular complexity index is 1410. The number of benzene rings is 2. The van der Waals surface area contributed by atoms with Crippen molar-refractivity contribution in [3.8, 4) is 11.4 Å². The van der Waals surface area contributed by atoms with Crippen LogP contribution in [0.5, 0.6) is 0 Å². The SMILES string of the molecule is NCc1cc(=O)[nH]c(-c2cccc(CN(CC=Cc3ccccc3)C3CC3)c2)n1.O=C(O)C(F)(F)F.O=C(O)C(F)(F)F. The van der Waals surface area contributed by atoms with Gasteiger partial charge in [-0.1, -0.05) is 60.7 Å². The highest BCUT2D eigenvalue weighted by atomic mass is 19.4. The molecule has 0 amide bonds. The first-order chi connectivity index (χ1) is 20.1. The monoisotopic (exact) mass is 614 g/mol. The molecule has 0 radical (unpaired) electrons. The Kier molecular flexibility index (Phi) is 12.6. The number of carboxylic acids is 2. The topological polar surface area (TPSA) is 150 Å². The summed E-state index contributed by atoms with van der Waals surface area (Å²) in [4.78, 5) is 39.5. The van der Waals surface area contributed by atoms with E-state index in [2.05, 4.69) is 63.4 Å². The van der Waals surface area contributed by atoms with Crippen LogP contribution in [0.3, 0.4) is 0 Å². The Morgan fingerprint density at radius 1 is 0.953 bits per heavy atom. The fourth-order valence-electron chi connectivity index (χ4n) is 3.47. The van der Waals surface area contributed by atoms with Gasteiger partial charge in [-0.25, -0.2) is 14.6 Å². The lowest BCUT2D eigenvalue weighted by atomic mass is 10.1. The minimum atomic E-state index is -5.08. The molecular weight excluding hydrogens is 586 g/mol. The zero-order valence-electron chi connectivity index (χ0n) is 22.4. The van der Waals surface area contributed by atoms with E-state index in [0.717, 1.165) is 18.7 Å². The number of nitrogens with one attached hydrogen (secondary N) is 1. The molecule has 43 heavy (non-hydrogen) atoms. The Morgan fingerprint density at radius 2 is 1.53 bits per heavy atom. The Labute approximate surface area is 241 Å². The predicted molar refractivity (Wildman–Crippen MR) is 144 cm³/mol. The molecule has 232 valence electrons. The molecule has 2 aromatic carbocycles. The first-order valence-corrected chi connectivity index (χ1v) is 12.6. The summed E-state index contributed by atoms with van der Waals surface area (Å²) in [6.07, 6.45) is -3.24. The first kappa shape index (κ1) is 34.7. The van der Waals surface area contributed by atoms with Gasteiger partial charge in [-0.3, -0.25) is 9.69 Å². The third-order valence-corrected chi connectivity index (χ3v) is 5.59. The number of halogens is 6. The summed E-state index contributed by atoms with van der Waals surface area (Å²) >= 11 is 0. The molecule has 3 aromatic rings. The van der Waals surface area contributed by atoms with E-state index in [4.69, 9.17) is 25.5 Å². The predicted octanol–water partition coefficient (Wildman–Crippen LogP) is 4.84.